The second kappa shape index (κ2) is 3.22. The first-order valence-corrected chi connectivity index (χ1v) is 4.56. The average molecular weight is 187 g/mol. The molecule has 0 unspecified atom stereocenters. The highest BCUT2D eigenvalue weighted by Gasteiger charge is 2.05. The summed E-state index contributed by atoms with van der Waals surface area (Å²) >= 11 is 0. The molecule has 0 bridgehead atoms. The van der Waals surface area contributed by atoms with Crippen LogP contribution in [0, 0.1) is 6.92 Å². The molecule has 0 atom stereocenters. The number of hydrogen-bond acceptors (Lipinski definition) is 2. The highest BCUT2D eigenvalue weighted by atomic mass is 16.5. The normalized spacial score (nSPS) is 10.4. The molecule has 0 saturated heterocycles. The lowest BCUT2D eigenvalue weighted by Gasteiger charge is -2.09. The number of benzene rings is 2. The number of anilines is 1. The minimum absolute atomic E-state index is 0.807. The van der Waals surface area contributed by atoms with Gasteiger partial charge >= 0.3 is 0 Å². The van der Waals surface area contributed by atoms with E-state index in [-0.39, 0.29) is 0 Å². The lowest BCUT2D eigenvalue weighted by molar-refractivity contribution is 0.419. The molecule has 0 saturated carbocycles. The van der Waals surface area contributed by atoms with Crippen LogP contribution < -0.4 is 10.5 Å². The zero-order valence-electron chi connectivity index (χ0n) is 8.37. The summed E-state index contributed by atoms with van der Waals surface area (Å²) < 4.78 is 5.31. The number of nitrogen functional groups attached to an aromatic ring is 1. The van der Waals surface area contributed by atoms with Gasteiger partial charge in [0.05, 0.1) is 7.11 Å². The Morgan fingerprint density at radius 3 is 2.64 bits per heavy atom. The predicted octanol–water partition coefficient (Wildman–Crippen LogP) is 2.74. The lowest BCUT2D eigenvalue weighted by atomic mass is 10.0. The molecule has 2 nitrogen and oxygen atoms in total. The summed E-state index contributed by atoms with van der Waals surface area (Å²) in [6.07, 6.45) is 0. The Labute approximate surface area is 83.3 Å². The zero-order chi connectivity index (χ0) is 10.1. The van der Waals surface area contributed by atoms with Crippen LogP contribution in [0.5, 0.6) is 5.75 Å². The summed E-state index contributed by atoms with van der Waals surface area (Å²) in [5.74, 6) is 0.882. The standard InChI is InChI=1S/C12H13NO/c1-8-10(13)7-6-9-4-3-5-11(14-2)12(8)9/h3-7H,13H2,1-2H3. The quantitative estimate of drug-likeness (QED) is 0.697. The number of fused-ring (bicyclic) bond motifs is 1. The predicted molar refractivity (Wildman–Crippen MR) is 59.6 cm³/mol. The molecule has 2 heteroatoms. The van der Waals surface area contributed by atoms with Gasteiger partial charge in [0.25, 0.3) is 0 Å². The molecule has 0 aromatic heterocycles. The molecule has 0 aliphatic heterocycles. The first-order valence-electron chi connectivity index (χ1n) is 4.56. The molecular weight excluding hydrogens is 174 g/mol. The molecule has 72 valence electrons. The molecule has 0 heterocycles. The minimum atomic E-state index is 0.807. The fourth-order valence-electron chi connectivity index (χ4n) is 1.71. The Bertz CT molecular complexity index is 477. The molecule has 2 rings (SSSR count). The van der Waals surface area contributed by atoms with Crippen LogP contribution in [0.2, 0.25) is 0 Å². The molecule has 0 spiro atoms. The number of ether oxygens (including phenoxy) is 1. The van der Waals surface area contributed by atoms with Crippen molar-refractivity contribution >= 4 is 16.5 Å². The van der Waals surface area contributed by atoms with Gasteiger partial charge in [-0.1, -0.05) is 18.2 Å². The second-order valence-corrected chi connectivity index (χ2v) is 3.34. The number of rotatable bonds is 1. The van der Waals surface area contributed by atoms with Gasteiger partial charge in [-0.2, -0.15) is 0 Å². The Kier molecular flexibility index (Phi) is 2.04. The van der Waals surface area contributed by atoms with E-state index >= 15 is 0 Å². The van der Waals surface area contributed by atoms with Crippen LogP contribution in [-0.2, 0) is 0 Å². The van der Waals surface area contributed by atoms with Crippen LogP contribution in [0.25, 0.3) is 10.8 Å². The van der Waals surface area contributed by atoms with Crippen molar-refractivity contribution < 1.29 is 4.74 Å². The number of nitrogens with two attached hydrogens (primary N) is 1. The Hall–Kier alpha value is -1.70. The van der Waals surface area contributed by atoms with Crippen LogP contribution in [0.4, 0.5) is 5.69 Å². The third-order valence-corrected chi connectivity index (χ3v) is 2.53. The molecule has 14 heavy (non-hydrogen) atoms. The van der Waals surface area contributed by atoms with Crippen LogP contribution in [0.15, 0.2) is 30.3 Å². The maximum Gasteiger partial charge on any atom is 0.127 e. The summed E-state index contributed by atoms with van der Waals surface area (Å²) in [7, 11) is 1.68. The van der Waals surface area contributed by atoms with E-state index in [0.717, 1.165) is 27.8 Å². The Balaban J connectivity index is 2.89. The van der Waals surface area contributed by atoms with E-state index in [1.54, 1.807) is 7.11 Å². The molecule has 2 aromatic rings. The molecular formula is C12H13NO. The summed E-state index contributed by atoms with van der Waals surface area (Å²) in [4.78, 5) is 0. The van der Waals surface area contributed by atoms with Gasteiger partial charge in [0.1, 0.15) is 5.75 Å². The maximum atomic E-state index is 5.85. The van der Waals surface area contributed by atoms with E-state index < -0.39 is 0 Å². The summed E-state index contributed by atoms with van der Waals surface area (Å²) in [5, 5.41) is 2.27. The van der Waals surface area contributed by atoms with Crippen molar-refractivity contribution in [3.8, 4) is 5.75 Å². The Morgan fingerprint density at radius 2 is 1.93 bits per heavy atom. The van der Waals surface area contributed by atoms with Gasteiger partial charge < -0.3 is 10.5 Å². The van der Waals surface area contributed by atoms with E-state index in [2.05, 4.69) is 6.07 Å². The topological polar surface area (TPSA) is 35.2 Å². The van der Waals surface area contributed by atoms with E-state index in [4.69, 9.17) is 10.5 Å². The van der Waals surface area contributed by atoms with E-state index in [0.29, 0.717) is 0 Å². The highest BCUT2D eigenvalue weighted by Crippen LogP contribution is 2.31. The third kappa shape index (κ3) is 1.20. The van der Waals surface area contributed by atoms with Crippen LogP contribution in [0.1, 0.15) is 5.56 Å². The SMILES string of the molecule is COc1cccc2ccc(N)c(C)c12. The van der Waals surface area contributed by atoms with Crippen molar-refractivity contribution in [3.63, 3.8) is 0 Å². The lowest BCUT2D eigenvalue weighted by Crippen LogP contribution is -1.92. The van der Waals surface area contributed by atoms with Crippen molar-refractivity contribution in [2.75, 3.05) is 12.8 Å². The van der Waals surface area contributed by atoms with Gasteiger partial charge in [-0.15, -0.1) is 0 Å². The monoisotopic (exact) mass is 187 g/mol. The van der Waals surface area contributed by atoms with E-state index in [1.807, 2.05) is 31.2 Å². The van der Waals surface area contributed by atoms with Gasteiger partial charge in [0.2, 0.25) is 0 Å². The fourth-order valence-corrected chi connectivity index (χ4v) is 1.71. The van der Waals surface area contributed by atoms with Crippen molar-refractivity contribution in [3.05, 3.63) is 35.9 Å². The number of hydrogen-bond donors (Lipinski definition) is 1. The summed E-state index contributed by atoms with van der Waals surface area (Å²) in [5.41, 5.74) is 7.74. The molecule has 0 aliphatic carbocycles. The van der Waals surface area contributed by atoms with Gasteiger partial charge in [-0.25, -0.2) is 0 Å². The van der Waals surface area contributed by atoms with E-state index in [9.17, 15) is 0 Å². The van der Waals surface area contributed by atoms with Gasteiger partial charge in [0.15, 0.2) is 0 Å². The molecule has 2 N–H and O–H groups in total. The molecule has 0 fully saturated rings. The average Bonchev–Trinajstić information content (AvgIpc) is 2.23. The smallest absolute Gasteiger partial charge is 0.127 e. The van der Waals surface area contributed by atoms with Crippen LogP contribution in [-0.4, -0.2) is 7.11 Å². The van der Waals surface area contributed by atoms with Crippen molar-refractivity contribution in [1.82, 2.24) is 0 Å². The van der Waals surface area contributed by atoms with Crippen molar-refractivity contribution in [2.24, 2.45) is 0 Å². The largest absolute Gasteiger partial charge is 0.496 e. The fraction of sp³-hybridized carbons (Fsp3) is 0.167. The maximum absolute atomic E-state index is 5.85. The van der Waals surface area contributed by atoms with Gasteiger partial charge in [-0.3, -0.25) is 0 Å². The van der Waals surface area contributed by atoms with E-state index in [1.165, 1.54) is 0 Å². The van der Waals surface area contributed by atoms with Crippen LogP contribution in [0.3, 0.4) is 0 Å². The van der Waals surface area contributed by atoms with Crippen molar-refractivity contribution in [1.29, 1.82) is 0 Å². The Morgan fingerprint density at radius 1 is 1.14 bits per heavy atom. The molecule has 2 aromatic carbocycles. The summed E-state index contributed by atoms with van der Waals surface area (Å²) in [6, 6.07) is 9.94. The third-order valence-electron chi connectivity index (χ3n) is 2.53. The van der Waals surface area contributed by atoms with Crippen LogP contribution >= 0.6 is 0 Å². The molecule has 0 aliphatic rings. The molecule has 0 amide bonds. The number of aryl methyl sites for hydroxylation is 1. The first-order chi connectivity index (χ1) is 6.74. The zero-order valence-corrected chi connectivity index (χ0v) is 8.37. The minimum Gasteiger partial charge on any atom is -0.496 e. The first kappa shape index (κ1) is 8.88. The van der Waals surface area contributed by atoms with Gasteiger partial charge in [0, 0.05) is 11.1 Å². The van der Waals surface area contributed by atoms with Crippen molar-refractivity contribution in [2.45, 2.75) is 6.92 Å². The van der Waals surface area contributed by atoms with Gasteiger partial charge in [-0.05, 0) is 30.0 Å². The number of methoxy groups -OCH3 is 1. The molecule has 0 radical (unpaired) electrons. The summed E-state index contributed by atoms with van der Waals surface area (Å²) in [6.45, 7) is 2.01. The highest BCUT2D eigenvalue weighted by molar-refractivity contribution is 5.94. The second-order valence-electron chi connectivity index (χ2n) is 3.34.